The Morgan fingerprint density at radius 3 is 2.49 bits per heavy atom. The van der Waals surface area contributed by atoms with Gasteiger partial charge >= 0.3 is 0 Å². The number of methoxy groups -OCH3 is 1. The SMILES string of the molecule is C#Cc1cccc(Nc2ncnc3cc(OCCOCCN4CCN(C(=O)c5ccc(=O)n(S(=O)(=O)c6cccc(C(=O)NCCCCC)c6)c5)CC4)c(OC)cc23)c1. The average molecular weight is 822 g/mol. The van der Waals surface area contributed by atoms with Gasteiger partial charge < -0.3 is 29.7 Å². The molecule has 15 nitrogen and oxygen atoms in total. The van der Waals surface area contributed by atoms with Crippen molar-refractivity contribution < 1.29 is 32.2 Å². The number of terminal acetylenes is 1. The van der Waals surface area contributed by atoms with Crippen LogP contribution in [0.1, 0.15) is 52.5 Å². The first-order valence-electron chi connectivity index (χ1n) is 19.4. The minimum Gasteiger partial charge on any atom is -0.493 e. The van der Waals surface area contributed by atoms with E-state index in [2.05, 4.69) is 38.3 Å². The average Bonchev–Trinajstić information content (AvgIpc) is 3.26. The zero-order valence-electron chi connectivity index (χ0n) is 33.1. The Balaban J connectivity index is 0.966. The molecule has 0 radical (unpaired) electrons. The number of ether oxygens (including phenoxy) is 3. The molecule has 1 saturated heterocycles. The molecular weight excluding hydrogens is 775 g/mol. The van der Waals surface area contributed by atoms with Crippen LogP contribution in [0.15, 0.2) is 95.0 Å². The number of anilines is 2. The molecule has 16 heteroatoms. The number of amides is 2. The normalized spacial score (nSPS) is 13.1. The van der Waals surface area contributed by atoms with Gasteiger partial charge in [0.15, 0.2) is 11.5 Å². The second-order valence-corrected chi connectivity index (χ2v) is 15.5. The molecule has 6 rings (SSSR count). The molecule has 1 aliphatic heterocycles. The lowest BCUT2D eigenvalue weighted by Gasteiger charge is -2.34. The maximum atomic E-state index is 13.6. The quantitative estimate of drug-likeness (QED) is 0.0935. The molecule has 3 heterocycles. The zero-order valence-corrected chi connectivity index (χ0v) is 33.9. The molecule has 2 N–H and O–H groups in total. The molecule has 3 aromatic carbocycles. The predicted octanol–water partition coefficient (Wildman–Crippen LogP) is 4.54. The minimum atomic E-state index is -4.41. The van der Waals surface area contributed by atoms with E-state index in [4.69, 9.17) is 20.6 Å². The van der Waals surface area contributed by atoms with Crippen LogP contribution in [0.4, 0.5) is 11.5 Å². The van der Waals surface area contributed by atoms with E-state index in [9.17, 15) is 22.8 Å². The number of rotatable bonds is 18. The van der Waals surface area contributed by atoms with Gasteiger partial charge in [-0.1, -0.05) is 37.8 Å². The van der Waals surface area contributed by atoms with Crippen molar-refractivity contribution in [3.63, 3.8) is 0 Å². The van der Waals surface area contributed by atoms with Crippen molar-refractivity contribution >= 4 is 44.2 Å². The third-order valence-electron chi connectivity index (χ3n) is 9.75. The van der Waals surface area contributed by atoms with E-state index in [1.807, 2.05) is 30.3 Å². The number of aromatic nitrogens is 3. The summed E-state index contributed by atoms with van der Waals surface area (Å²) >= 11 is 0. The van der Waals surface area contributed by atoms with Crippen LogP contribution in [0.2, 0.25) is 0 Å². The monoisotopic (exact) mass is 821 g/mol. The Morgan fingerprint density at radius 1 is 0.898 bits per heavy atom. The molecule has 2 aromatic heterocycles. The van der Waals surface area contributed by atoms with Gasteiger partial charge in [-0.2, -0.15) is 0 Å². The second-order valence-electron chi connectivity index (χ2n) is 13.7. The lowest BCUT2D eigenvalue weighted by molar-refractivity contribution is 0.0503. The van der Waals surface area contributed by atoms with E-state index in [-0.39, 0.29) is 28.5 Å². The van der Waals surface area contributed by atoms with Crippen LogP contribution in [-0.4, -0.2) is 110 Å². The van der Waals surface area contributed by atoms with Gasteiger partial charge in [-0.05, 0) is 55.0 Å². The van der Waals surface area contributed by atoms with Gasteiger partial charge in [0, 0.05) is 79.8 Å². The summed E-state index contributed by atoms with van der Waals surface area (Å²) < 4.78 is 45.2. The summed E-state index contributed by atoms with van der Waals surface area (Å²) in [7, 11) is -2.84. The van der Waals surface area contributed by atoms with Crippen molar-refractivity contribution in [2.45, 2.75) is 31.1 Å². The predicted molar refractivity (Wildman–Crippen MR) is 224 cm³/mol. The fraction of sp³-hybridized carbons (Fsp3) is 0.326. The van der Waals surface area contributed by atoms with Gasteiger partial charge in [-0.3, -0.25) is 19.3 Å². The van der Waals surface area contributed by atoms with Gasteiger partial charge in [0.05, 0.1) is 36.3 Å². The zero-order chi connectivity index (χ0) is 41.8. The molecule has 1 aliphatic rings. The molecule has 0 unspecified atom stereocenters. The van der Waals surface area contributed by atoms with Crippen LogP contribution in [-0.2, 0) is 14.8 Å². The Hall–Kier alpha value is -6.28. The number of carbonyl (C=O) groups is 2. The van der Waals surface area contributed by atoms with E-state index >= 15 is 0 Å². The maximum Gasteiger partial charge on any atom is 0.270 e. The number of benzene rings is 3. The molecule has 59 heavy (non-hydrogen) atoms. The van der Waals surface area contributed by atoms with E-state index in [1.165, 1.54) is 36.7 Å². The third kappa shape index (κ3) is 10.6. The number of fused-ring (bicyclic) bond motifs is 1. The third-order valence-corrected chi connectivity index (χ3v) is 11.4. The van der Waals surface area contributed by atoms with E-state index in [1.54, 1.807) is 18.1 Å². The highest BCUT2D eigenvalue weighted by Gasteiger charge is 2.25. The molecule has 2 amide bonds. The molecule has 0 aliphatic carbocycles. The molecule has 0 bridgehead atoms. The van der Waals surface area contributed by atoms with Crippen molar-refractivity contribution in [2.24, 2.45) is 0 Å². The molecule has 0 atom stereocenters. The Morgan fingerprint density at radius 2 is 1.71 bits per heavy atom. The van der Waals surface area contributed by atoms with Crippen molar-refractivity contribution in [2.75, 3.05) is 71.5 Å². The first-order chi connectivity index (χ1) is 28.6. The van der Waals surface area contributed by atoms with Crippen molar-refractivity contribution in [3.8, 4) is 23.8 Å². The fourth-order valence-electron chi connectivity index (χ4n) is 6.50. The second kappa shape index (κ2) is 19.9. The van der Waals surface area contributed by atoms with Crippen LogP contribution in [0.3, 0.4) is 0 Å². The molecule has 0 spiro atoms. The van der Waals surface area contributed by atoms with Gasteiger partial charge in [-0.15, -0.1) is 6.42 Å². The standard InChI is InChI=1S/C43H47N7O8S/c1-4-6-7-16-44-42(52)32-11-9-13-35(26-32)59(54,55)50-29-33(14-15-40(50)51)43(53)49-19-17-48(18-20-49)21-22-57-23-24-58-39-28-37-36(27-38(39)56-3)41(46-30-45-37)47-34-12-8-10-31(5-2)25-34/h2,8-15,25-30H,4,6-7,16-24H2,1,3H3,(H,44,52)(H,45,46,47). The van der Waals surface area contributed by atoms with Crippen molar-refractivity contribution in [1.29, 1.82) is 0 Å². The maximum absolute atomic E-state index is 13.6. The topological polar surface area (TPSA) is 174 Å². The van der Waals surface area contributed by atoms with Gasteiger partial charge in [0.1, 0.15) is 18.8 Å². The van der Waals surface area contributed by atoms with Gasteiger partial charge in [0.2, 0.25) is 0 Å². The highest BCUT2D eigenvalue weighted by molar-refractivity contribution is 7.90. The molecule has 308 valence electrons. The van der Waals surface area contributed by atoms with Crippen LogP contribution in [0.25, 0.3) is 10.9 Å². The number of hydrogen-bond donors (Lipinski definition) is 2. The van der Waals surface area contributed by atoms with Crippen LogP contribution < -0.4 is 25.7 Å². The molecule has 5 aromatic rings. The number of nitrogens with zero attached hydrogens (tertiary/aromatic N) is 5. The number of carbonyl (C=O) groups excluding carboxylic acids is 2. The number of piperazine rings is 1. The van der Waals surface area contributed by atoms with Gasteiger partial charge in [0.25, 0.3) is 27.4 Å². The molecular formula is C43H47N7O8S. The highest BCUT2D eigenvalue weighted by atomic mass is 32.2. The van der Waals surface area contributed by atoms with E-state index in [0.717, 1.165) is 48.2 Å². The molecule has 0 saturated carbocycles. The molecule has 1 fully saturated rings. The number of nitrogens with one attached hydrogen (secondary N) is 2. The van der Waals surface area contributed by atoms with Gasteiger partial charge in [-0.25, -0.2) is 22.4 Å². The van der Waals surface area contributed by atoms with Crippen LogP contribution >= 0.6 is 0 Å². The first-order valence-corrected chi connectivity index (χ1v) is 20.8. The highest BCUT2D eigenvalue weighted by Crippen LogP contribution is 2.35. The Labute approximate surface area is 343 Å². The van der Waals surface area contributed by atoms with Crippen molar-refractivity contribution in [1.82, 2.24) is 29.1 Å². The Kier molecular flexibility index (Phi) is 14.3. The number of pyridine rings is 1. The van der Waals surface area contributed by atoms with E-state index in [0.29, 0.717) is 79.3 Å². The lowest BCUT2D eigenvalue weighted by Crippen LogP contribution is -2.49. The number of hydrogen-bond acceptors (Lipinski definition) is 12. The fourth-order valence-corrected chi connectivity index (χ4v) is 7.80. The summed E-state index contributed by atoms with van der Waals surface area (Å²) in [4.78, 5) is 51.3. The Bertz CT molecular complexity index is 2490. The summed E-state index contributed by atoms with van der Waals surface area (Å²) in [5.41, 5.74) is 1.61. The summed E-state index contributed by atoms with van der Waals surface area (Å²) in [6, 6.07) is 19.0. The van der Waals surface area contributed by atoms with Crippen LogP contribution in [0.5, 0.6) is 11.5 Å². The summed E-state index contributed by atoms with van der Waals surface area (Å²) in [5.74, 6) is 3.46. The number of unbranched alkanes of at least 4 members (excludes halogenated alkanes) is 2. The minimum absolute atomic E-state index is 0.0637. The summed E-state index contributed by atoms with van der Waals surface area (Å²) in [5, 5.41) is 6.83. The van der Waals surface area contributed by atoms with Crippen molar-refractivity contribution in [3.05, 3.63) is 112 Å². The smallest absolute Gasteiger partial charge is 0.270 e. The summed E-state index contributed by atoms with van der Waals surface area (Å²) in [6.45, 7) is 6.19. The van der Waals surface area contributed by atoms with Crippen LogP contribution in [0, 0.1) is 12.3 Å². The van der Waals surface area contributed by atoms with E-state index < -0.39 is 21.5 Å². The lowest BCUT2D eigenvalue weighted by atomic mass is 10.2. The first kappa shape index (κ1) is 42.3. The summed E-state index contributed by atoms with van der Waals surface area (Å²) in [6.07, 6.45) is 10.8. The largest absolute Gasteiger partial charge is 0.493 e.